The van der Waals surface area contributed by atoms with Gasteiger partial charge in [-0.25, -0.2) is 4.98 Å². The van der Waals surface area contributed by atoms with Crippen LogP contribution in [0, 0.1) is 0 Å². The number of halogens is 3. The lowest BCUT2D eigenvalue weighted by Crippen LogP contribution is -2.29. The Hall–Kier alpha value is -1.30. The maximum absolute atomic E-state index is 12.7. The molecule has 2 aromatic rings. The molecule has 0 N–H and O–H groups in total. The fourth-order valence-electron chi connectivity index (χ4n) is 2.31. The van der Waals surface area contributed by atoms with Crippen molar-refractivity contribution in [1.82, 2.24) is 4.98 Å². The quantitative estimate of drug-likeness (QED) is 0.776. The zero-order chi connectivity index (χ0) is 13.5. The van der Waals surface area contributed by atoms with Gasteiger partial charge in [0.2, 0.25) is 0 Å². The van der Waals surface area contributed by atoms with Crippen LogP contribution in [0.15, 0.2) is 18.2 Å². The van der Waals surface area contributed by atoms with E-state index in [-0.39, 0.29) is 0 Å². The van der Waals surface area contributed by atoms with E-state index in [1.807, 2.05) is 0 Å². The summed E-state index contributed by atoms with van der Waals surface area (Å²) in [5.41, 5.74) is 0.0485. The van der Waals surface area contributed by atoms with Crippen LogP contribution in [0.3, 0.4) is 0 Å². The van der Waals surface area contributed by atoms with Gasteiger partial charge in [0.15, 0.2) is 5.13 Å². The second-order valence-electron chi connectivity index (χ2n) is 4.72. The first-order valence-corrected chi connectivity index (χ1v) is 7.08. The Morgan fingerprint density at radius 2 is 1.84 bits per heavy atom. The van der Waals surface area contributed by atoms with Crippen molar-refractivity contribution >= 4 is 26.7 Å². The third kappa shape index (κ3) is 2.54. The largest absolute Gasteiger partial charge is 0.416 e. The summed E-state index contributed by atoms with van der Waals surface area (Å²) >= 11 is 1.35. The second-order valence-corrected chi connectivity index (χ2v) is 5.73. The number of fused-ring (bicyclic) bond motifs is 1. The molecule has 0 atom stereocenters. The normalized spacial score (nSPS) is 17.1. The van der Waals surface area contributed by atoms with E-state index in [2.05, 4.69) is 9.88 Å². The molecule has 1 aliphatic rings. The molecule has 1 fully saturated rings. The lowest BCUT2D eigenvalue weighted by molar-refractivity contribution is -0.137. The molecule has 0 bridgehead atoms. The lowest BCUT2D eigenvalue weighted by atomic mass is 10.1. The van der Waals surface area contributed by atoms with Crippen molar-refractivity contribution in [2.24, 2.45) is 0 Å². The van der Waals surface area contributed by atoms with E-state index < -0.39 is 11.7 Å². The predicted molar refractivity (Wildman–Crippen MR) is 70.7 cm³/mol. The smallest absolute Gasteiger partial charge is 0.348 e. The monoisotopic (exact) mass is 286 g/mol. The Kier molecular flexibility index (Phi) is 3.12. The summed E-state index contributed by atoms with van der Waals surface area (Å²) in [6.45, 7) is 1.90. The number of aromatic nitrogens is 1. The van der Waals surface area contributed by atoms with Gasteiger partial charge in [-0.1, -0.05) is 11.3 Å². The number of nitrogens with zero attached hydrogens (tertiary/aromatic N) is 2. The molecule has 1 aromatic heterocycles. The topological polar surface area (TPSA) is 16.1 Å². The minimum atomic E-state index is -4.29. The van der Waals surface area contributed by atoms with Crippen LogP contribution in [0.25, 0.3) is 10.2 Å². The first-order valence-electron chi connectivity index (χ1n) is 6.27. The maximum Gasteiger partial charge on any atom is 0.416 e. The van der Waals surface area contributed by atoms with E-state index in [0.717, 1.165) is 37.1 Å². The molecule has 1 saturated heterocycles. The van der Waals surface area contributed by atoms with E-state index in [4.69, 9.17) is 0 Å². The first-order chi connectivity index (χ1) is 9.04. The second kappa shape index (κ2) is 4.67. The molecule has 102 valence electrons. The Morgan fingerprint density at radius 3 is 2.53 bits per heavy atom. The number of rotatable bonds is 1. The van der Waals surface area contributed by atoms with Gasteiger partial charge in [-0.05, 0) is 37.5 Å². The number of alkyl halides is 3. The highest BCUT2D eigenvalue weighted by Gasteiger charge is 2.30. The van der Waals surface area contributed by atoms with Crippen LogP contribution in [-0.2, 0) is 6.18 Å². The molecule has 0 aliphatic carbocycles. The van der Waals surface area contributed by atoms with Crippen molar-refractivity contribution in [3.8, 4) is 0 Å². The van der Waals surface area contributed by atoms with Gasteiger partial charge in [0.05, 0.1) is 15.8 Å². The molecular formula is C13H13F3N2S. The lowest BCUT2D eigenvalue weighted by Gasteiger charge is -2.25. The van der Waals surface area contributed by atoms with Crippen LogP contribution in [0.4, 0.5) is 18.3 Å². The maximum atomic E-state index is 12.7. The van der Waals surface area contributed by atoms with Crippen molar-refractivity contribution in [3.63, 3.8) is 0 Å². The van der Waals surface area contributed by atoms with Crippen LogP contribution >= 0.6 is 11.3 Å². The van der Waals surface area contributed by atoms with Gasteiger partial charge in [0, 0.05) is 13.1 Å². The predicted octanol–water partition coefficient (Wildman–Crippen LogP) is 4.31. The van der Waals surface area contributed by atoms with Crippen molar-refractivity contribution in [1.29, 1.82) is 0 Å². The van der Waals surface area contributed by atoms with Crippen molar-refractivity contribution in [3.05, 3.63) is 23.8 Å². The Morgan fingerprint density at radius 1 is 1.11 bits per heavy atom. The van der Waals surface area contributed by atoms with Gasteiger partial charge < -0.3 is 4.90 Å². The fourth-order valence-corrected chi connectivity index (χ4v) is 3.37. The van der Waals surface area contributed by atoms with Crippen LogP contribution in [0.2, 0.25) is 0 Å². The zero-order valence-corrected chi connectivity index (χ0v) is 11.0. The summed E-state index contributed by atoms with van der Waals surface area (Å²) in [7, 11) is 0. The fraction of sp³-hybridized carbons (Fsp3) is 0.462. The highest BCUT2D eigenvalue weighted by Crippen LogP contribution is 2.35. The van der Waals surface area contributed by atoms with Gasteiger partial charge in [-0.2, -0.15) is 13.2 Å². The molecule has 3 rings (SSSR count). The van der Waals surface area contributed by atoms with Gasteiger partial charge in [0.25, 0.3) is 0 Å². The summed E-state index contributed by atoms with van der Waals surface area (Å²) in [5, 5.41) is 0.842. The van der Waals surface area contributed by atoms with E-state index in [1.165, 1.54) is 29.9 Å². The molecule has 0 radical (unpaired) electrons. The zero-order valence-electron chi connectivity index (χ0n) is 10.2. The molecule has 6 heteroatoms. The first kappa shape index (κ1) is 12.7. The standard InChI is InChI=1S/C13H13F3N2S/c14-13(15,16)9-4-5-10-11(8-9)19-12(17-10)18-6-2-1-3-7-18/h4-5,8H,1-3,6-7H2. The summed E-state index contributed by atoms with van der Waals surface area (Å²) in [5.74, 6) is 0. The van der Waals surface area contributed by atoms with Crippen LogP contribution in [-0.4, -0.2) is 18.1 Å². The third-order valence-electron chi connectivity index (χ3n) is 3.33. The van der Waals surface area contributed by atoms with Crippen LogP contribution in [0.1, 0.15) is 24.8 Å². The van der Waals surface area contributed by atoms with Gasteiger partial charge >= 0.3 is 6.18 Å². The molecule has 0 amide bonds. The van der Waals surface area contributed by atoms with Crippen LogP contribution in [0.5, 0.6) is 0 Å². The molecule has 0 saturated carbocycles. The molecule has 1 aromatic carbocycles. The SMILES string of the molecule is FC(F)(F)c1ccc2nc(N3CCCCC3)sc2c1. The molecule has 1 aliphatic heterocycles. The number of benzene rings is 1. The minimum absolute atomic E-state index is 0.603. The number of piperidine rings is 1. The van der Waals surface area contributed by atoms with Crippen molar-refractivity contribution in [2.75, 3.05) is 18.0 Å². The molecule has 2 nitrogen and oxygen atoms in total. The average molecular weight is 286 g/mol. The van der Waals surface area contributed by atoms with E-state index in [9.17, 15) is 13.2 Å². The summed E-state index contributed by atoms with van der Waals surface area (Å²) < 4.78 is 38.6. The summed E-state index contributed by atoms with van der Waals surface area (Å²) in [6.07, 6.45) is -0.809. The Labute approximate surface area is 112 Å². The van der Waals surface area contributed by atoms with E-state index in [1.54, 1.807) is 0 Å². The molecule has 19 heavy (non-hydrogen) atoms. The number of thiazole rings is 1. The average Bonchev–Trinajstić information content (AvgIpc) is 2.81. The summed E-state index contributed by atoms with van der Waals surface area (Å²) in [6, 6.07) is 3.75. The highest BCUT2D eigenvalue weighted by molar-refractivity contribution is 7.22. The number of hydrogen-bond donors (Lipinski definition) is 0. The van der Waals surface area contributed by atoms with Gasteiger partial charge in [-0.15, -0.1) is 0 Å². The van der Waals surface area contributed by atoms with E-state index in [0.29, 0.717) is 10.2 Å². The molecule has 0 spiro atoms. The molecule has 0 unspecified atom stereocenters. The Balaban J connectivity index is 1.96. The minimum Gasteiger partial charge on any atom is -0.348 e. The number of hydrogen-bond acceptors (Lipinski definition) is 3. The molecule has 2 heterocycles. The van der Waals surface area contributed by atoms with Crippen molar-refractivity contribution < 1.29 is 13.2 Å². The number of anilines is 1. The third-order valence-corrected chi connectivity index (χ3v) is 4.41. The van der Waals surface area contributed by atoms with E-state index >= 15 is 0 Å². The Bertz CT molecular complexity index is 585. The van der Waals surface area contributed by atoms with Gasteiger partial charge in [0.1, 0.15) is 0 Å². The summed E-state index contributed by atoms with van der Waals surface area (Å²) in [4.78, 5) is 6.60. The highest BCUT2D eigenvalue weighted by atomic mass is 32.1. The van der Waals surface area contributed by atoms with Crippen LogP contribution < -0.4 is 4.90 Å². The van der Waals surface area contributed by atoms with Gasteiger partial charge in [-0.3, -0.25) is 0 Å². The molecular weight excluding hydrogens is 273 g/mol. The van der Waals surface area contributed by atoms with Crippen molar-refractivity contribution in [2.45, 2.75) is 25.4 Å².